The molecule has 0 radical (unpaired) electrons. The van der Waals surface area contributed by atoms with Gasteiger partial charge in [-0.15, -0.1) is 0 Å². The molecule has 3 aliphatic rings. The van der Waals surface area contributed by atoms with Crippen molar-refractivity contribution < 1.29 is 4.79 Å². The molecule has 2 atom stereocenters. The van der Waals surface area contributed by atoms with Gasteiger partial charge in [0, 0.05) is 18.5 Å². The zero-order chi connectivity index (χ0) is 13.7. The van der Waals surface area contributed by atoms with Gasteiger partial charge in [0.05, 0.1) is 0 Å². The Balaban J connectivity index is 1.74. The first kappa shape index (κ1) is 13.4. The van der Waals surface area contributed by atoms with Crippen LogP contribution in [0.4, 0.5) is 0 Å². The number of piperidine rings is 1. The SMILES string of the molecule is CC1(C)C[C@H]2C[C@](C)(CN2C(=O)C2CCNCC2)C1. The molecular weight excluding hydrogens is 236 g/mol. The van der Waals surface area contributed by atoms with Crippen LogP contribution in [-0.2, 0) is 4.79 Å². The van der Waals surface area contributed by atoms with Gasteiger partial charge in [0.15, 0.2) is 0 Å². The lowest BCUT2D eigenvalue weighted by atomic mass is 9.65. The van der Waals surface area contributed by atoms with E-state index in [4.69, 9.17) is 0 Å². The third-order valence-electron chi connectivity index (χ3n) is 5.39. The Kier molecular flexibility index (Phi) is 3.16. The Morgan fingerprint density at radius 3 is 2.53 bits per heavy atom. The van der Waals surface area contributed by atoms with Crippen LogP contribution in [0.5, 0.6) is 0 Å². The number of rotatable bonds is 1. The topological polar surface area (TPSA) is 32.3 Å². The maximum absolute atomic E-state index is 12.8. The molecule has 1 aliphatic carbocycles. The minimum absolute atomic E-state index is 0.285. The zero-order valence-corrected chi connectivity index (χ0v) is 12.7. The first-order valence-corrected chi connectivity index (χ1v) is 7.90. The highest BCUT2D eigenvalue weighted by atomic mass is 16.2. The Bertz CT molecular complexity index is 373. The van der Waals surface area contributed by atoms with Crippen LogP contribution < -0.4 is 5.32 Å². The van der Waals surface area contributed by atoms with Crippen molar-refractivity contribution in [2.24, 2.45) is 16.7 Å². The third-order valence-corrected chi connectivity index (χ3v) is 5.39. The van der Waals surface area contributed by atoms with Crippen molar-refractivity contribution in [3.63, 3.8) is 0 Å². The first-order valence-electron chi connectivity index (χ1n) is 7.90. The van der Waals surface area contributed by atoms with E-state index in [1.54, 1.807) is 0 Å². The number of hydrogen-bond donors (Lipinski definition) is 1. The summed E-state index contributed by atoms with van der Waals surface area (Å²) in [5.41, 5.74) is 0.774. The Morgan fingerprint density at radius 2 is 1.84 bits per heavy atom. The highest BCUT2D eigenvalue weighted by molar-refractivity contribution is 5.79. The monoisotopic (exact) mass is 264 g/mol. The maximum atomic E-state index is 12.8. The predicted octanol–water partition coefficient (Wildman–Crippen LogP) is 2.41. The van der Waals surface area contributed by atoms with Crippen LogP contribution in [0.3, 0.4) is 0 Å². The minimum Gasteiger partial charge on any atom is -0.339 e. The summed E-state index contributed by atoms with van der Waals surface area (Å²) in [4.78, 5) is 15.0. The number of carbonyl (C=O) groups excluding carboxylic acids is 1. The Morgan fingerprint density at radius 1 is 1.16 bits per heavy atom. The first-order chi connectivity index (χ1) is 8.89. The molecule has 2 aliphatic heterocycles. The lowest BCUT2D eigenvalue weighted by Crippen LogP contribution is -2.43. The predicted molar refractivity (Wildman–Crippen MR) is 76.8 cm³/mol. The largest absolute Gasteiger partial charge is 0.339 e. The highest BCUT2D eigenvalue weighted by Gasteiger charge is 2.51. The lowest BCUT2D eigenvalue weighted by Gasteiger charge is -2.39. The lowest BCUT2D eigenvalue weighted by molar-refractivity contribution is -0.137. The average Bonchev–Trinajstić information content (AvgIpc) is 2.59. The molecule has 3 heteroatoms. The molecule has 2 saturated heterocycles. The molecule has 3 nitrogen and oxygen atoms in total. The van der Waals surface area contributed by atoms with Crippen LogP contribution >= 0.6 is 0 Å². The molecule has 0 spiro atoms. The van der Waals surface area contributed by atoms with E-state index in [-0.39, 0.29) is 5.92 Å². The molecule has 0 aromatic heterocycles. The van der Waals surface area contributed by atoms with Crippen molar-refractivity contribution in [2.45, 2.75) is 58.9 Å². The van der Waals surface area contributed by atoms with E-state index in [2.05, 4.69) is 31.0 Å². The molecule has 3 fully saturated rings. The molecule has 0 unspecified atom stereocenters. The van der Waals surface area contributed by atoms with Gasteiger partial charge in [-0.3, -0.25) is 4.79 Å². The van der Waals surface area contributed by atoms with Crippen molar-refractivity contribution in [3.05, 3.63) is 0 Å². The second kappa shape index (κ2) is 4.47. The van der Waals surface area contributed by atoms with Crippen molar-refractivity contribution in [2.75, 3.05) is 19.6 Å². The summed E-state index contributed by atoms with van der Waals surface area (Å²) in [5, 5.41) is 3.36. The third kappa shape index (κ3) is 2.54. The van der Waals surface area contributed by atoms with Crippen LogP contribution in [0.25, 0.3) is 0 Å². The van der Waals surface area contributed by atoms with Gasteiger partial charge < -0.3 is 10.2 Å². The summed E-state index contributed by atoms with van der Waals surface area (Å²) in [6, 6.07) is 0.510. The zero-order valence-electron chi connectivity index (χ0n) is 12.7. The van der Waals surface area contributed by atoms with Gasteiger partial charge >= 0.3 is 0 Å². The molecule has 0 aromatic carbocycles. The number of nitrogens with one attached hydrogen (secondary N) is 1. The van der Waals surface area contributed by atoms with Crippen LogP contribution in [0.15, 0.2) is 0 Å². The fourth-order valence-corrected chi connectivity index (χ4v) is 5.02. The molecule has 1 N–H and O–H groups in total. The molecule has 2 heterocycles. The molecule has 108 valence electrons. The number of hydrogen-bond acceptors (Lipinski definition) is 2. The summed E-state index contributed by atoms with van der Waals surface area (Å²) in [6.07, 6.45) is 5.75. The molecule has 1 amide bonds. The smallest absolute Gasteiger partial charge is 0.226 e. The summed E-state index contributed by atoms with van der Waals surface area (Å²) < 4.78 is 0. The highest BCUT2D eigenvalue weighted by Crippen LogP contribution is 2.52. The van der Waals surface area contributed by atoms with Gasteiger partial charge in [0.25, 0.3) is 0 Å². The molecule has 3 rings (SSSR count). The van der Waals surface area contributed by atoms with Crippen molar-refractivity contribution >= 4 is 5.91 Å². The van der Waals surface area contributed by atoms with E-state index in [9.17, 15) is 4.79 Å². The molecule has 19 heavy (non-hydrogen) atoms. The fourth-order valence-electron chi connectivity index (χ4n) is 5.02. The van der Waals surface area contributed by atoms with E-state index in [0.717, 1.165) is 32.5 Å². The van der Waals surface area contributed by atoms with Crippen LogP contribution in [0.2, 0.25) is 0 Å². The maximum Gasteiger partial charge on any atom is 0.226 e. The summed E-state index contributed by atoms with van der Waals surface area (Å²) in [7, 11) is 0. The van der Waals surface area contributed by atoms with E-state index in [1.165, 1.54) is 19.3 Å². The number of likely N-dealkylation sites (tertiary alicyclic amines) is 1. The van der Waals surface area contributed by atoms with Crippen molar-refractivity contribution in [1.82, 2.24) is 10.2 Å². The summed E-state index contributed by atoms with van der Waals surface area (Å²) in [5.74, 6) is 0.736. The Hall–Kier alpha value is -0.570. The van der Waals surface area contributed by atoms with Gasteiger partial charge in [-0.2, -0.15) is 0 Å². The number of nitrogens with zero attached hydrogens (tertiary/aromatic N) is 1. The second-order valence-electron chi connectivity index (χ2n) is 8.20. The minimum atomic E-state index is 0.285. The van der Waals surface area contributed by atoms with Crippen molar-refractivity contribution in [1.29, 1.82) is 0 Å². The van der Waals surface area contributed by atoms with Gasteiger partial charge in [0.1, 0.15) is 0 Å². The normalized spacial score (nSPS) is 38.5. The fraction of sp³-hybridized carbons (Fsp3) is 0.938. The number of carbonyl (C=O) groups is 1. The molecule has 2 bridgehead atoms. The van der Waals surface area contributed by atoms with E-state index < -0.39 is 0 Å². The number of amides is 1. The van der Waals surface area contributed by atoms with Crippen LogP contribution in [0.1, 0.15) is 52.9 Å². The van der Waals surface area contributed by atoms with Crippen LogP contribution in [-0.4, -0.2) is 36.5 Å². The number of fused-ring (bicyclic) bond motifs is 2. The second-order valence-corrected chi connectivity index (χ2v) is 8.20. The standard InChI is InChI=1S/C16H28N2O/c1-15(2)8-13-9-16(3,10-15)11-18(13)14(19)12-4-6-17-7-5-12/h12-13,17H,4-11H2,1-3H3/t13-,16-/m0/s1. The van der Waals surface area contributed by atoms with Gasteiger partial charge in [-0.25, -0.2) is 0 Å². The van der Waals surface area contributed by atoms with E-state index in [1.807, 2.05) is 0 Å². The quantitative estimate of drug-likeness (QED) is 0.789. The summed E-state index contributed by atoms with van der Waals surface area (Å²) in [6.45, 7) is 10.2. The molecule has 1 saturated carbocycles. The van der Waals surface area contributed by atoms with Gasteiger partial charge in [-0.05, 0) is 56.0 Å². The van der Waals surface area contributed by atoms with E-state index >= 15 is 0 Å². The molecule has 0 aromatic rings. The van der Waals surface area contributed by atoms with E-state index in [0.29, 0.717) is 22.8 Å². The van der Waals surface area contributed by atoms with Gasteiger partial charge in [-0.1, -0.05) is 20.8 Å². The van der Waals surface area contributed by atoms with Gasteiger partial charge in [0.2, 0.25) is 5.91 Å². The molecular formula is C16H28N2O. The Labute approximate surface area is 117 Å². The van der Waals surface area contributed by atoms with Crippen LogP contribution in [0, 0.1) is 16.7 Å². The summed E-state index contributed by atoms with van der Waals surface area (Å²) >= 11 is 0. The van der Waals surface area contributed by atoms with Crippen molar-refractivity contribution in [3.8, 4) is 0 Å². The average molecular weight is 264 g/mol.